The molecule has 0 aromatic heterocycles. The lowest BCUT2D eigenvalue weighted by Crippen LogP contribution is -2.51. The summed E-state index contributed by atoms with van der Waals surface area (Å²) in [5.74, 6) is -0.619. The molecular formula is C21H34NO4+. The summed E-state index contributed by atoms with van der Waals surface area (Å²) in [5, 5.41) is 0. The highest BCUT2D eigenvalue weighted by Gasteiger charge is 2.24. The molecule has 1 aromatic carbocycles. The Bertz CT molecular complexity index is 556. The van der Waals surface area contributed by atoms with Crippen LogP contribution in [0.25, 0.3) is 0 Å². The van der Waals surface area contributed by atoms with Crippen LogP contribution in [0, 0.1) is 0 Å². The Morgan fingerprint density at radius 1 is 0.923 bits per heavy atom. The van der Waals surface area contributed by atoms with Gasteiger partial charge in [-0.15, -0.1) is 0 Å². The van der Waals surface area contributed by atoms with Crippen LogP contribution in [0.15, 0.2) is 24.3 Å². The molecular weight excluding hydrogens is 330 g/mol. The van der Waals surface area contributed by atoms with E-state index in [1.807, 2.05) is 0 Å². The standard InChI is InChI=1S/C21H34NO4/c1-5-8-14-22(7-3,13-6-2)15-16-25-21(24)20-11-9-19(10-12-20)17-26-18(4)23/h9-12H,5-8,13-17H2,1-4H3/q+1. The number of hydrogen-bond donors (Lipinski definition) is 0. The van der Waals surface area contributed by atoms with Gasteiger partial charge in [-0.2, -0.15) is 0 Å². The van der Waals surface area contributed by atoms with Crippen molar-refractivity contribution in [3.63, 3.8) is 0 Å². The second-order valence-corrected chi connectivity index (χ2v) is 6.80. The minimum atomic E-state index is -0.318. The van der Waals surface area contributed by atoms with Crippen molar-refractivity contribution >= 4 is 11.9 Å². The molecule has 5 heteroatoms. The number of carbonyl (C=O) groups is 2. The van der Waals surface area contributed by atoms with Crippen molar-refractivity contribution in [1.29, 1.82) is 0 Å². The third-order valence-electron chi connectivity index (χ3n) is 4.79. The molecule has 1 rings (SSSR count). The molecule has 1 unspecified atom stereocenters. The van der Waals surface area contributed by atoms with Crippen LogP contribution in [0.3, 0.4) is 0 Å². The first kappa shape index (κ1) is 22.2. The fourth-order valence-electron chi connectivity index (χ4n) is 3.11. The maximum absolute atomic E-state index is 12.3. The van der Waals surface area contributed by atoms with E-state index in [0.717, 1.165) is 42.6 Å². The van der Waals surface area contributed by atoms with Gasteiger partial charge in [-0.1, -0.05) is 32.4 Å². The molecule has 0 saturated heterocycles. The quantitative estimate of drug-likeness (QED) is 0.416. The van der Waals surface area contributed by atoms with E-state index in [0.29, 0.717) is 12.2 Å². The van der Waals surface area contributed by atoms with E-state index in [2.05, 4.69) is 20.8 Å². The second kappa shape index (κ2) is 11.7. The zero-order valence-corrected chi connectivity index (χ0v) is 16.8. The molecule has 5 nitrogen and oxygen atoms in total. The van der Waals surface area contributed by atoms with Gasteiger partial charge in [0.25, 0.3) is 0 Å². The highest BCUT2D eigenvalue weighted by Crippen LogP contribution is 2.12. The van der Waals surface area contributed by atoms with Gasteiger partial charge < -0.3 is 14.0 Å². The molecule has 1 aromatic rings. The molecule has 0 aliphatic heterocycles. The summed E-state index contributed by atoms with van der Waals surface area (Å²) in [6.45, 7) is 12.9. The number of esters is 2. The number of ether oxygens (including phenoxy) is 2. The first-order valence-electron chi connectivity index (χ1n) is 9.70. The van der Waals surface area contributed by atoms with Gasteiger partial charge in [0.2, 0.25) is 0 Å². The van der Waals surface area contributed by atoms with Crippen molar-refractivity contribution in [2.24, 2.45) is 0 Å². The van der Waals surface area contributed by atoms with Gasteiger partial charge in [-0.3, -0.25) is 4.79 Å². The maximum Gasteiger partial charge on any atom is 0.338 e. The lowest BCUT2D eigenvalue weighted by molar-refractivity contribution is -0.926. The Kier molecular flexibility index (Phi) is 9.96. The Morgan fingerprint density at radius 2 is 1.62 bits per heavy atom. The van der Waals surface area contributed by atoms with E-state index in [9.17, 15) is 9.59 Å². The molecule has 0 aliphatic carbocycles. The van der Waals surface area contributed by atoms with Crippen LogP contribution in [0.1, 0.15) is 62.9 Å². The van der Waals surface area contributed by atoms with Crippen LogP contribution in [0.5, 0.6) is 0 Å². The Balaban J connectivity index is 2.54. The summed E-state index contributed by atoms with van der Waals surface area (Å²) < 4.78 is 11.5. The van der Waals surface area contributed by atoms with E-state index >= 15 is 0 Å². The van der Waals surface area contributed by atoms with Crippen molar-refractivity contribution in [2.75, 3.05) is 32.8 Å². The molecule has 0 amide bonds. The van der Waals surface area contributed by atoms with Crippen LogP contribution in [0.2, 0.25) is 0 Å². The average molecular weight is 365 g/mol. The number of unbranched alkanes of at least 4 members (excludes halogenated alkanes) is 1. The first-order valence-corrected chi connectivity index (χ1v) is 9.70. The minimum Gasteiger partial charge on any atom is -0.461 e. The Morgan fingerprint density at radius 3 is 2.15 bits per heavy atom. The van der Waals surface area contributed by atoms with Crippen LogP contribution in [-0.4, -0.2) is 49.2 Å². The largest absolute Gasteiger partial charge is 0.461 e. The van der Waals surface area contributed by atoms with E-state index < -0.39 is 0 Å². The number of benzene rings is 1. The van der Waals surface area contributed by atoms with E-state index in [4.69, 9.17) is 9.47 Å². The molecule has 0 N–H and O–H groups in total. The highest BCUT2D eigenvalue weighted by molar-refractivity contribution is 5.89. The number of quaternary nitrogens is 1. The number of carbonyl (C=O) groups excluding carboxylic acids is 2. The lowest BCUT2D eigenvalue weighted by atomic mass is 10.1. The Hall–Kier alpha value is -1.88. The summed E-state index contributed by atoms with van der Waals surface area (Å²) in [6.07, 6.45) is 3.52. The molecule has 0 bridgehead atoms. The van der Waals surface area contributed by atoms with E-state index in [-0.39, 0.29) is 18.5 Å². The van der Waals surface area contributed by atoms with Gasteiger partial charge in [0, 0.05) is 6.92 Å². The lowest BCUT2D eigenvalue weighted by Gasteiger charge is -2.37. The SMILES string of the molecule is CCCC[N+](CC)(CCC)CCOC(=O)c1ccc(COC(C)=O)cc1. The first-order chi connectivity index (χ1) is 12.5. The third-order valence-corrected chi connectivity index (χ3v) is 4.79. The maximum atomic E-state index is 12.3. The third kappa shape index (κ3) is 7.56. The summed E-state index contributed by atoms with van der Waals surface area (Å²) in [4.78, 5) is 23.1. The van der Waals surface area contributed by atoms with E-state index in [1.54, 1.807) is 24.3 Å². The van der Waals surface area contributed by atoms with Crippen LogP contribution in [0.4, 0.5) is 0 Å². The molecule has 1 atom stereocenters. The second-order valence-electron chi connectivity index (χ2n) is 6.80. The number of rotatable bonds is 12. The number of likely N-dealkylation sites (N-methyl/N-ethyl adjacent to an activating group) is 1. The summed E-state index contributed by atoms with van der Waals surface area (Å²) in [5.41, 5.74) is 1.37. The Labute approximate surface area is 157 Å². The molecule has 0 spiro atoms. The summed E-state index contributed by atoms with van der Waals surface area (Å²) in [7, 11) is 0. The van der Waals surface area contributed by atoms with Gasteiger partial charge in [-0.05, 0) is 37.5 Å². The molecule has 0 radical (unpaired) electrons. The number of nitrogens with zero attached hydrogens (tertiary/aromatic N) is 1. The highest BCUT2D eigenvalue weighted by atomic mass is 16.5. The smallest absolute Gasteiger partial charge is 0.338 e. The molecule has 0 fully saturated rings. The molecule has 0 heterocycles. The average Bonchev–Trinajstić information content (AvgIpc) is 2.64. The number of hydrogen-bond acceptors (Lipinski definition) is 4. The zero-order chi connectivity index (χ0) is 19.4. The molecule has 146 valence electrons. The van der Waals surface area contributed by atoms with Crippen molar-refractivity contribution in [3.8, 4) is 0 Å². The molecule has 0 aliphatic rings. The van der Waals surface area contributed by atoms with Crippen molar-refractivity contribution in [1.82, 2.24) is 0 Å². The van der Waals surface area contributed by atoms with Gasteiger partial charge >= 0.3 is 11.9 Å². The van der Waals surface area contributed by atoms with Gasteiger partial charge in [0.1, 0.15) is 19.8 Å². The van der Waals surface area contributed by atoms with Crippen LogP contribution >= 0.6 is 0 Å². The monoisotopic (exact) mass is 364 g/mol. The zero-order valence-electron chi connectivity index (χ0n) is 16.8. The van der Waals surface area contributed by atoms with Crippen LogP contribution in [-0.2, 0) is 20.9 Å². The van der Waals surface area contributed by atoms with Gasteiger partial charge in [-0.25, -0.2) is 4.79 Å². The summed E-state index contributed by atoms with van der Waals surface area (Å²) in [6, 6.07) is 6.99. The van der Waals surface area contributed by atoms with E-state index in [1.165, 1.54) is 19.8 Å². The van der Waals surface area contributed by atoms with Crippen molar-refractivity contribution in [3.05, 3.63) is 35.4 Å². The minimum absolute atomic E-state index is 0.218. The predicted octanol–water partition coefficient (Wildman–Crippen LogP) is 3.95. The van der Waals surface area contributed by atoms with Crippen molar-refractivity contribution in [2.45, 2.75) is 53.6 Å². The molecule has 0 saturated carbocycles. The normalized spacial score (nSPS) is 13.1. The fraction of sp³-hybridized carbons (Fsp3) is 0.619. The van der Waals surface area contributed by atoms with Crippen molar-refractivity contribution < 1.29 is 23.5 Å². The fourth-order valence-corrected chi connectivity index (χ4v) is 3.11. The van der Waals surface area contributed by atoms with Crippen LogP contribution < -0.4 is 0 Å². The van der Waals surface area contributed by atoms with Gasteiger partial charge in [0.05, 0.1) is 25.2 Å². The molecule has 26 heavy (non-hydrogen) atoms. The topological polar surface area (TPSA) is 52.6 Å². The summed E-state index contributed by atoms with van der Waals surface area (Å²) >= 11 is 0. The predicted molar refractivity (Wildman–Crippen MR) is 103 cm³/mol. The van der Waals surface area contributed by atoms with Gasteiger partial charge in [0.15, 0.2) is 0 Å².